The summed E-state index contributed by atoms with van der Waals surface area (Å²) in [6.45, 7) is 3.36. The van der Waals surface area contributed by atoms with Crippen LogP contribution < -0.4 is 4.90 Å². The third-order valence-corrected chi connectivity index (χ3v) is 7.63. The SMILES string of the molecule is CN(C)Cc1sccc1-c1ccc(S(=O)N2CCN(c3ncc(C(=O)O)cn3)CC2)cc1. The predicted molar refractivity (Wildman–Crippen MR) is 126 cm³/mol. The van der Waals surface area contributed by atoms with Gasteiger partial charge in [0.15, 0.2) is 0 Å². The number of hydrogen-bond donors (Lipinski definition) is 1. The molecule has 3 heterocycles. The summed E-state index contributed by atoms with van der Waals surface area (Å²) in [6.07, 6.45) is 2.63. The van der Waals surface area contributed by atoms with Crippen LogP contribution in [0, 0.1) is 0 Å². The molecule has 1 aromatic carbocycles. The number of carbonyl (C=O) groups is 1. The first-order valence-electron chi connectivity index (χ1n) is 10.2. The summed E-state index contributed by atoms with van der Waals surface area (Å²) in [6, 6.07) is 10.1. The Bertz CT molecular complexity index is 1090. The molecule has 0 spiro atoms. The van der Waals surface area contributed by atoms with E-state index >= 15 is 0 Å². The second kappa shape index (κ2) is 9.86. The number of aromatic nitrogens is 2. The first kappa shape index (κ1) is 22.5. The fourth-order valence-corrected chi connectivity index (χ4v) is 5.73. The number of carboxylic acids is 1. The zero-order chi connectivity index (χ0) is 22.7. The highest BCUT2D eigenvalue weighted by atomic mass is 32.2. The van der Waals surface area contributed by atoms with E-state index in [1.807, 2.05) is 33.5 Å². The van der Waals surface area contributed by atoms with Crippen LogP contribution >= 0.6 is 11.3 Å². The second-order valence-electron chi connectivity index (χ2n) is 7.76. The van der Waals surface area contributed by atoms with Crippen LogP contribution in [-0.2, 0) is 17.5 Å². The molecule has 1 N–H and O–H groups in total. The minimum Gasteiger partial charge on any atom is -0.478 e. The quantitative estimate of drug-likeness (QED) is 0.567. The molecule has 1 unspecified atom stereocenters. The summed E-state index contributed by atoms with van der Waals surface area (Å²) >= 11 is 1.75. The molecule has 0 bridgehead atoms. The predicted octanol–water partition coefficient (Wildman–Crippen LogP) is 2.81. The summed E-state index contributed by atoms with van der Waals surface area (Å²) in [5.41, 5.74) is 2.42. The highest BCUT2D eigenvalue weighted by Crippen LogP contribution is 2.30. The van der Waals surface area contributed by atoms with Gasteiger partial charge in [0.05, 0.1) is 10.5 Å². The molecule has 3 aromatic rings. The lowest BCUT2D eigenvalue weighted by Gasteiger charge is -2.33. The van der Waals surface area contributed by atoms with Crippen LogP contribution in [0.4, 0.5) is 5.95 Å². The molecule has 10 heteroatoms. The lowest BCUT2D eigenvalue weighted by Crippen LogP contribution is -2.47. The number of anilines is 1. The number of benzene rings is 1. The fourth-order valence-electron chi connectivity index (χ4n) is 3.56. The molecule has 32 heavy (non-hydrogen) atoms. The van der Waals surface area contributed by atoms with E-state index in [4.69, 9.17) is 5.11 Å². The van der Waals surface area contributed by atoms with Gasteiger partial charge in [0.1, 0.15) is 11.0 Å². The lowest BCUT2D eigenvalue weighted by atomic mass is 10.1. The molecule has 1 fully saturated rings. The van der Waals surface area contributed by atoms with Crippen molar-refractivity contribution < 1.29 is 14.1 Å². The summed E-state index contributed by atoms with van der Waals surface area (Å²) in [4.78, 5) is 25.5. The van der Waals surface area contributed by atoms with Crippen molar-refractivity contribution in [2.45, 2.75) is 11.4 Å². The highest BCUT2D eigenvalue weighted by molar-refractivity contribution is 7.82. The molecular weight excluding hydrogens is 446 g/mol. The smallest absolute Gasteiger partial charge is 0.338 e. The van der Waals surface area contributed by atoms with Gasteiger partial charge in [0, 0.05) is 50.0 Å². The van der Waals surface area contributed by atoms with E-state index in [-0.39, 0.29) is 5.56 Å². The molecule has 2 aromatic heterocycles. The van der Waals surface area contributed by atoms with Crippen molar-refractivity contribution in [2.75, 3.05) is 45.2 Å². The molecule has 168 valence electrons. The molecule has 1 aliphatic rings. The van der Waals surface area contributed by atoms with E-state index in [1.165, 1.54) is 22.8 Å². The molecule has 0 amide bonds. The van der Waals surface area contributed by atoms with Gasteiger partial charge >= 0.3 is 5.97 Å². The van der Waals surface area contributed by atoms with Gasteiger partial charge < -0.3 is 14.9 Å². The van der Waals surface area contributed by atoms with E-state index in [1.54, 1.807) is 11.3 Å². The Morgan fingerprint density at radius 3 is 2.34 bits per heavy atom. The Kier molecular flexibility index (Phi) is 6.95. The normalized spacial score (nSPS) is 15.8. The number of piperazine rings is 1. The van der Waals surface area contributed by atoms with E-state index in [2.05, 4.69) is 40.4 Å². The second-order valence-corrected chi connectivity index (χ2v) is 10.2. The number of aromatic carboxylic acids is 1. The number of thiophene rings is 1. The topological polar surface area (TPSA) is 89.9 Å². The van der Waals surface area contributed by atoms with Crippen LogP contribution in [0.5, 0.6) is 0 Å². The summed E-state index contributed by atoms with van der Waals surface area (Å²) in [7, 11) is 2.89. The Morgan fingerprint density at radius 2 is 1.75 bits per heavy atom. The van der Waals surface area contributed by atoms with Crippen LogP contribution in [0.1, 0.15) is 15.2 Å². The van der Waals surface area contributed by atoms with Crippen LogP contribution in [0.3, 0.4) is 0 Å². The highest BCUT2D eigenvalue weighted by Gasteiger charge is 2.24. The van der Waals surface area contributed by atoms with Gasteiger partial charge in [-0.15, -0.1) is 11.3 Å². The maximum Gasteiger partial charge on any atom is 0.338 e. The average Bonchev–Trinajstić information content (AvgIpc) is 3.26. The first-order chi connectivity index (χ1) is 15.4. The molecule has 8 nitrogen and oxygen atoms in total. The van der Waals surface area contributed by atoms with E-state index in [0.717, 1.165) is 17.0 Å². The molecule has 0 aliphatic carbocycles. The van der Waals surface area contributed by atoms with Gasteiger partial charge in [0.25, 0.3) is 0 Å². The van der Waals surface area contributed by atoms with Crippen molar-refractivity contribution in [3.63, 3.8) is 0 Å². The van der Waals surface area contributed by atoms with Gasteiger partial charge in [-0.3, -0.25) is 0 Å². The Balaban J connectivity index is 1.38. The number of rotatable bonds is 7. The molecule has 0 saturated carbocycles. The lowest BCUT2D eigenvalue weighted by molar-refractivity contribution is 0.0696. The first-order valence-corrected chi connectivity index (χ1v) is 12.2. The summed E-state index contributed by atoms with van der Waals surface area (Å²) in [5, 5.41) is 11.1. The Morgan fingerprint density at radius 1 is 1.09 bits per heavy atom. The monoisotopic (exact) mass is 471 g/mol. The zero-order valence-corrected chi connectivity index (χ0v) is 19.6. The fraction of sp³-hybridized carbons (Fsp3) is 0.318. The van der Waals surface area contributed by atoms with Crippen LogP contribution in [-0.4, -0.2) is 74.7 Å². The van der Waals surface area contributed by atoms with Gasteiger partial charge in [-0.1, -0.05) is 12.1 Å². The minimum absolute atomic E-state index is 0.0632. The Hall–Kier alpha value is -2.66. The van der Waals surface area contributed by atoms with Crippen LogP contribution in [0.15, 0.2) is 53.0 Å². The average molecular weight is 472 g/mol. The van der Waals surface area contributed by atoms with Gasteiger partial charge in [-0.2, -0.15) is 0 Å². The van der Waals surface area contributed by atoms with Crippen LogP contribution in [0.2, 0.25) is 0 Å². The standard InChI is InChI=1S/C22H25N5O3S2/c1-25(2)15-20-19(7-12-31-20)16-3-5-18(6-4-16)32(30)27-10-8-26(9-11-27)22-23-13-17(14-24-22)21(28)29/h3-7,12-14H,8-11,15H2,1-2H3,(H,28,29). The molecular formula is C22H25N5O3S2. The van der Waals surface area contributed by atoms with E-state index < -0.39 is 17.0 Å². The van der Waals surface area contributed by atoms with Crippen molar-refractivity contribution in [2.24, 2.45) is 0 Å². The Labute approximate surface area is 193 Å². The van der Waals surface area contributed by atoms with Gasteiger partial charge in [0.2, 0.25) is 5.95 Å². The molecule has 4 rings (SSSR count). The van der Waals surface area contributed by atoms with Gasteiger partial charge in [-0.05, 0) is 48.8 Å². The van der Waals surface area contributed by atoms with Gasteiger partial charge in [-0.25, -0.2) is 23.3 Å². The number of carboxylic acid groups (broad SMARTS) is 1. The zero-order valence-electron chi connectivity index (χ0n) is 18.0. The van der Waals surface area contributed by atoms with Crippen molar-refractivity contribution in [1.82, 2.24) is 19.2 Å². The molecule has 0 radical (unpaired) electrons. The van der Waals surface area contributed by atoms with Crippen molar-refractivity contribution in [3.05, 3.63) is 58.5 Å². The molecule has 1 atom stereocenters. The minimum atomic E-state index is -1.24. The third-order valence-electron chi connectivity index (χ3n) is 5.21. The van der Waals surface area contributed by atoms with Crippen molar-refractivity contribution in [3.8, 4) is 11.1 Å². The van der Waals surface area contributed by atoms with E-state index in [0.29, 0.717) is 32.1 Å². The summed E-state index contributed by atoms with van der Waals surface area (Å²) in [5.74, 6) is -0.551. The molecule has 1 saturated heterocycles. The molecule has 1 aliphatic heterocycles. The number of nitrogens with zero attached hydrogens (tertiary/aromatic N) is 5. The number of hydrogen-bond acceptors (Lipinski definition) is 7. The van der Waals surface area contributed by atoms with Crippen molar-refractivity contribution in [1.29, 1.82) is 0 Å². The van der Waals surface area contributed by atoms with Crippen molar-refractivity contribution >= 4 is 34.2 Å². The maximum absolute atomic E-state index is 13.1. The summed E-state index contributed by atoms with van der Waals surface area (Å²) < 4.78 is 15.0. The van der Waals surface area contributed by atoms with E-state index in [9.17, 15) is 9.00 Å². The third kappa shape index (κ3) is 5.04. The van der Waals surface area contributed by atoms with Crippen LogP contribution in [0.25, 0.3) is 11.1 Å². The largest absolute Gasteiger partial charge is 0.478 e. The maximum atomic E-state index is 13.1.